The van der Waals surface area contributed by atoms with E-state index in [2.05, 4.69) is 36.1 Å². The third kappa shape index (κ3) is 4.21. The maximum atomic E-state index is 5.12. The van der Waals surface area contributed by atoms with Gasteiger partial charge in [-0.2, -0.15) is 0 Å². The average molecular weight is 223 g/mol. The van der Waals surface area contributed by atoms with Gasteiger partial charge in [0.2, 0.25) is 0 Å². The molecule has 0 aliphatic heterocycles. The van der Waals surface area contributed by atoms with Gasteiger partial charge in [0.05, 0.1) is 13.2 Å². The molecule has 0 aliphatic rings. The number of methoxy groups -OCH3 is 2. The van der Waals surface area contributed by atoms with Gasteiger partial charge in [-0.25, -0.2) is 0 Å². The minimum atomic E-state index is 0.734. The minimum Gasteiger partial charge on any atom is -0.383 e. The van der Waals surface area contributed by atoms with Crippen molar-refractivity contribution in [3.63, 3.8) is 0 Å². The van der Waals surface area contributed by atoms with Crippen LogP contribution in [-0.2, 0) is 9.47 Å². The smallest absolute Gasteiger partial charge is 0.0637 e. The van der Waals surface area contributed by atoms with E-state index in [4.69, 9.17) is 9.47 Å². The Morgan fingerprint density at radius 3 is 1.88 bits per heavy atom. The quantitative estimate of drug-likeness (QED) is 0.706. The molecule has 1 rings (SSSR count). The summed E-state index contributed by atoms with van der Waals surface area (Å²) in [5, 5.41) is 0. The molecule has 0 radical (unpaired) electrons. The molecule has 0 bridgehead atoms. The first kappa shape index (κ1) is 13.0. The minimum absolute atomic E-state index is 0.734. The molecule has 0 spiro atoms. The van der Waals surface area contributed by atoms with Gasteiger partial charge in [-0.05, 0) is 19.1 Å². The highest BCUT2D eigenvalue weighted by atomic mass is 16.5. The van der Waals surface area contributed by atoms with Gasteiger partial charge in [0, 0.05) is 33.0 Å². The predicted octanol–water partition coefficient (Wildman–Crippen LogP) is 2.09. The van der Waals surface area contributed by atoms with Gasteiger partial charge in [0.15, 0.2) is 0 Å². The maximum Gasteiger partial charge on any atom is 0.0637 e. The van der Waals surface area contributed by atoms with Crippen molar-refractivity contribution in [2.24, 2.45) is 0 Å². The standard InChI is InChI=1S/C13H21NO2/c1-12-4-6-13(7-5-12)14(8-10-15-2)9-11-16-3/h4-7H,8-11H2,1-3H3. The van der Waals surface area contributed by atoms with Crippen LogP contribution in [0.4, 0.5) is 5.69 Å². The highest BCUT2D eigenvalue weighted by Crippen LogP contribution is 2.14. The molecule has 0 atom stereocenters. The molecule has 3 heteroatoms. The first-order valence-corrected chi connectivity index (χ1v) is 5.57. The summed E-state index contributed by atoms with van der Waals surface area (Å²) >= 11 is 0. The van der Waals surface area contributed by atoms with Gasteiger partial charge < -0.3 is 14.4 Å². The van der Waals surface area contributed by atoms with Gasteiger partial charge in [-0.3, -0.25) is 0 Å². The monoisotopic (exact) mass is 223 g/mol. The fourth-order valence-electron chi connectivity index (χ4n) is 1.53. The van der Waals surface area contributed by atoms with E-state index in [1.807, 2.05) is 0 Å². The van der Waals surface area contributed by atoms with Gasteiger partial charge in [-0.15, -0.1) is 0 Å². The van der Waals surface area contributed by atoms with Crippen molar-refractivity contribution in [2.75, 3.05) is 45.4 Å². The second kappa shape index (κ2) is 7.25. The lowest BCUT2D eigenvalue weighted by molar-refractivity contribution is 0.190. The second-order valence-electron chi connectivity index (χ2n) is 3.81. The molecule has 0 saturated heterocycles. The SMILES string of the molecule is COCCN(CCOC)c1ccc(C)cc1. The molecular formula is C13H21NO2. The largest absolute Gasteiger partial charge is 0.383 e. The van der Waals surface area contributed by atoms with Crippen molar-refractivity contribution in [3.05, 3.63) is 29.8 Å². The summed E-state index contributed by atoms with van der Waals surface area (Å²) in [5.74, 6) is 0. The van der Waals surface area contributed by atoms with E-state index in [-0.39, 0.29) is 0 Å². The molecule has 1 aromatic rings. The lowest BCUT2D eigenvalue weighted by Gasteiger charge is -2.24. The number of anilines is 1. The molecule has 16 heavy (non-hydrogen) atoms. The van der Waals surface area contributed by atoms with Crippen LogP contribution in [0.2, 0.25) is 0 Å². The average Bonchev–Trinajstić information content (AvgIpc) is 2.31. The summed E-state index contributed by atoms with van der Waals surface area (Å²) in [6.07, 6.45) is 0. The normalized spacial score (nSPS) is 10.4. The van der Waals surface area contributed by atoms with Crippen molar-refractivity contribution in [3.8, 4) is 0 Å². The Morgan fingerprint density at radius 2 is 1.44 bits per heavy atom. The maximum absolute atomic E-state index is 5.12. The number of nitrogens with zero attached hydrogens (tertiary/aromatic N) is 1. The number of aryl methyl sites for hydroxylation is 1. The number of hydrogen-bond acceptors (Lipinski definition) is 3. The highest BCUT2D eigenvalue weighted by Gasteiger charge is 2.05. The van der Waals surface area contributed by atoms with Crippen LogP contribution in [0.25, 0.3) is 0 Å². The molecule has 0 saturated carbocycles. The Bertz CT molecular complexity index is 276. The second-order valence-corrected chi connectivity index (χ2v) is 3.81. The van der Waals surface area contributed by atoms with Crippen LogP contribution in [-0.4, -0.2) is 40.5 Å². The lowest BCUT2D eigenvalue weighted by atomic mass is 10.2. The summed E-state index contributed by atoms with van der Waals surface area (Å²) < 4.78 is 10.2. The van der Waals surface area contributed by atoms with E-state index < -0.39 is 0 Å². The zero-order valence-electron chi connectivity index (χ0n) is 10.4. The molecule has 0 N–H and O–H groups in total. The Labute approximate surface area is 98.0 Å². The Kier molecular flexibility index (Phi) is 5.90. The van der Waals surface area contributed by atoms with E-state index in [1.165, 1.54) is 11.3 Å². The summed E-state index contributed by atoms with van der Waals surface area (Å²) in [7, 11) is 3.45. The van der Waals surface area contributed by atoms with Crippen LogP contribution in [0.5, 0.6) is 0 Å². The van der Waals surface area contributed by atoms with Crippen molar-refractivity contribution >= 4 is 5.69 Å². The van der Waals surface area contributed by atoms with E-state index in [0.717, 1.165) is 26.3 Å². The van der Waals surface area contributed by atoms with E-state index >= 15 is 0 Å². The topological polar surface area (TPSA) is 21.7 Å². The third-order valence-corrected chi connectivity index (χ3v) is 2.53. The molecule has 0 aliphatic carbocycles. The molecule has 1 aromatic carbocycles. The summed E-state index contributed by atoms with van der Waals surface area (Å²) in [5.41, 5.74) is 2.50. The highest BCUT2D eigenvalue weighted by molar-refractivity contribution is 5.47. The molecule has 0 amide bonds. The van der Waals surface area contributed by atoms with Crippen LogP contribution < -0.4 is 4.90 Å². The number of rotatable bonds is 7. The summed E-state index contributed by atoms with van der Waals surface area (Å²) in [6, 6.07) is 8.53. The molecule has 3 nitrogen and oxygen atoms in total. The number of hydrogen-bond donors (Lipinski definition) is 0. The van der Waals surface area contributed by atoms with Crippen molar-refractivity contribution < 1.29 is 9.47 Å². The van der Waals surface area contributed by atoms with E-state index in [0.29, 0.717) is 0 Å². The molecule has 0 heterocycles. The Morgan fingerprint density at radius 1 is 0.938 bits per heavy atom. The Hall–Kier alpha value is -1.06. The zero-order chi connectivity index (χ0) is 11.8. The predicted molar refractivity (Wildman–Crippen MR) is 67.1 cm³/mol. The van der Waals surface area contributed by atoms with Crippen molar-refractivity contribution in [1.29, 1.82) is 0 Å². The van der Waals surface area contributed by atoms with Crippen LogP contribution >= 0.6 is 0 Å². The number of benzene rings is 1. The molecule has 0 aromatic heterocycles. The van der Waals surface area contributed by atoms with Crippen LogP contribution in [0, 0.1) is 6.92 Å². The van der Waals surface area contributed by atoms with Gasteiger partial charge in [-0.1, -0.05) is 17.7 Å². The summed E-state index contributed by atoms with van der Waals surface area (Å²) in [6.45, 7) is 5.35. The Balaban J connectivity index is 2.62. The lowest BCUT2D eigenvalue weighted by Crippen LogP contribution is -2.30. The van der Waals surface area contributed by atoms with E-state index in [1.54, 1.807) is 14.2 Å². The molecule has 90 valence electrons. The van der Waals surface area contributed by atoms with Gasteiger partial charge >= 0.3 is 0 Å². The van der Waals surface area contributed by atoms with Gasteiger partial charge in [0.1, 0.15) is 0 Å². The first-order valence-electron chi connectivity index (χ1n) is 5.57. The third-order valence-electron chi connectivity index (χ3n) is 2.53. The van der Waals surface area contributed by atoms with Crippen LogP contribution in [0.3, 0.4) is 0 Å². The summed E-state index contributed by atoms with van der Waals surface area (Å²) in [4.78, 5) is 2.27. The zero-order valence-corrected chi connectivity index (χ0v) is 10.4. The molecular weight excluding hydrogens is 202 g/mol. The van der Waals surface area contributed by atoms with Crippen LogP contribution in [0.15, 0.2) is 24.3 Å². The fraction of sp³-hybridized carbons (Fsp3) is 0.538. The fourth-order valence-corrected chi connectivity index (χ4v) is 1.53. The van der Waals surface area contributed by atoms with Crippen molar-refractivity contribution in [1.82, 2.24) is 0 Å². The van der Waals surface area contributed by atoms with Crippen LogP contribution in [0.1, 0.15) is 5.56 Å². The molecule has 0 fully saturated rings. The molecule has 0 unspecified atom stereocenters. The van der Waals surface area contributed by atoms with E-state index in [9.17, 15) is 0 Å². The first-order chi connectivity index (χ1) is 7.77. The number of ether oxygens (including phenoxy) is 2. The van der Waals surface area contributed by atoms with Gasteiger partial charge in [0.25, 0.3) is 0 Å². The van der Waals surface area contributed by atoms with Crippen molar-refractivity contribution in [2.45, 2.75) is 6.92 Å².